The zero-order chi connectivity index (χ0) is 16.8. The third kappa shape index (κ3) is 4.61. The Morgan fingerprint density at radius 3 is 2.61 bits per heavy atom. The van der Waals surface area contributed by atoms with Crippen LogP contribution in [0, 0.1) is 0 Å². The Labute approximate surface area is 143 Å². The van der Waals surface area contributed by atoms with Crippen LogP contribution >= 0.6 is 23.2 Å². The van der Waals surface area contributed by atoms with Gasteiger partial charge in [0.1, 0.15) is 11.5 Å². The number of carbonyl (C=O) groups excluding carboxylic acids is 2. The molecule has 120 valence electrons. The molecule has 0 aliphatic carbocycles. The fourth-order valence-corrected chi connectivity index (χ4v) is 2.09. The lowest BCUT2D eigenvalue weighted by Crippen LogP contribution is -2.20. The first-order valence-corrected chi connectivity index (χ1v) is 7.30. The highest BCUT2D eigenvalue weighted by atomic mass is 35.5. The average molecular weight is 354 g/mol. The highest BCUT2D eigenvalue weighted by Crippen LogP contribution is 2.25. The highest BCUT2D eigenvalue weighted by molar-refractivity contribution is 6.42. The van der Waals surface area contributed by atoms with Gasteiger partial charge in [0.2, 0.25) is 0 Å². The van der Waals surface area contributed by atoms with Crippen LogP contribution in [-0.2, 0) is 4.79 Å². The van der Waals surface area contributed by atoms with Crippen molar-refractivity contribution in [1.29, 1.82) is 0 Å². The molecule has 0 radical (unpaired) electrons. The normalized spacial score (nSPS) is 10.0. The molecule has 0 bridgehead atoms. The Morgan fingerprint density at radius 2 is 1.96 bits per heavy atom. The lowest BCUT2D eigenvalue weighted by atomic mass is 10.2. The van der Waals surface area contributed by atoms with Gasteiger partial charge in [-0.1, -0.05) is 23.2 Å². The van der Waals surface area contributed by atoms with Crippen LogP contribution in [0.2, 0.25) is 10.0 Å². The van der Waals surface area contributed by atoms with E-state index in [0.717, 1.165) is 0 Å². The molecule has 7 heteroatoms. The molecule has 0 heterocycles. The molecule has 0 atom stereocenters. The van der Waals surface area contributed by atoms with Gasteiger partial charge in [0.15, 0.2) is 12.9 Å². The van der Waals surface area contributed by atoms with Gasteiger partial charge in [0.25, 0.3) is 5.91 Å². The zero-order valence-electron chi connectivity index (χ0n) is 12.1. The van der Waals surface area contributed by atoms with Crippen molar-refractivity contribution >= 4 is 41.1 Å². The molecule has 1 amide bonds. The fraction of sp³-hybridized carbons (Fsp3) is 0.125. The van der Waals surface area contributed by atoms with E-state index >= 15 is 0 Å². The Balaban J connectivity index is 1.98. The summed E-state index contributed by atoms with van der Waals surface area (Å²) < 4.78 is 10.4. The van der Waals surface area contributed by atoms with Gasteiger partial charge >= 0.3 is 0 Å². The van der Waals surface area contributed by atoms with Crippen LogP contribution in [0.4, 0.5) is 5.69 Å². The van der Waals surface area contributed by atoms with Gasteiger partial charge in [-0.15, -0.1) is 0 Å². The van der Waals surface area contributed by atoms with E-state index in [1.54, 1.807) is 24.3 Å². The van der Waals surface area contributed by atoms with Gasteiger partial charge in [-0.3, -0.25) is 9.59 Å². The van der Waals surface area contributed by atoms with Crippen molar-refractivity contribution in [3.8, 4) is 11.5 Å². The van der Waals surface area contributed by atoms with Crippen LogP contribution in [-0.4, -0.2) is 25.9 Å². The minimum Gasteiger partial charge on any atom is -0.497 e. The predicted octanol–water partition coefficient (Wildman–Crippen LogP) is 3.83. The summed E-state index contributed by atoms with van der Waals surface area (Å²) in [7, 11) is 1.50. The molecule has 0 unspecified atom stereocenters. The minimum atomic E-state index is -0.393. The van der Waals surface area contributed by atoms with Crippen molar-refractivity contribution < 1.29 is 19.1 Å². The molecular formula is C16H13Cl2NO4. The molecule has 0 saturated heterocycles. The van der Waals surface area contributed by atoms with E-state index < -0.39 is 5.91 Å². The van der Waals surface area contributed by atoms with Crippen LogP contribution < -0.4 is 14.8 Å². The average Bonchev–Trinajstić information content (AvgIpc) is 2.56. The monoisotopic (exact) mass is 353 g/mol. The van der Waals surface area contributed by atoms with Crippen LogP contribution in [0.5, 0.6) is 11.5 Å². The number of rotatable bonds is 6. The molecule has 2 rings (SSSR count). The molecule has 5 nitrogen and oxygen atoms in total. The van der Waals surface area contributed by atoms with Crippen LogP contribution in [0.3, 0.4) is 0 Å². The third-order valence-corrected chi connectivity index (χ3v) is 3.65. The fourth-order valence-electron chi connectivity index (χ4n) is 1.79. The summed E-state index contributed by atoms with van der Waals surface area (Å²) in [6, 6.07) is 9.46. The first kappa shape index (κ1) is 17.1. The summed E-state index contributed by atoms with van der Waals surface area (Å²) in [5.41, 5.74) is 0.796. The number of benzene rings is 2. The number of nitrogens with one attached hydrogen (secondary N) is 1. The molecule has 2 aromatic rings. The maximum absolute atomic E-state index is 11.9. The number of methoxy groups -OCH3 is 1. The van der Waals surface area contributed by atoms with E-state index in [9.17, 15) is 9.59 Å². The standard InChI is InChI=1S/C16H13Cl2NO4/c1-22-12-3-5-15(10(6-12)8-20)23-9-16(21)19-11-2-4-13(17)14(18)7-11/h2-8H,9H2,1H3,(H,19,21). The molecular weight excluding hydrogens is 341 g/mol. The third-order valence-electron chi connectivity index (χ3n) is 2.91. The first-order valence-electron chi connectivity index (χ1n) is 6.54. The lowest BCUT2D eigenvalue weighted by Gasteiger charge is -2.10. The number of carbonyl (C=O) groups is 2. The number of aldehydes is 1. The Morgan fingerprint density at radius 1 is 1.17 bits per heavy atom. The molecule has 2 aromatic carbocycles. The maximum atomic E-state index is 11.9. The smallest absolute Gasteiger partial charge is 0.262 e. The Kier molecular flexibility index (Phi) is 5.84. The van der Waals surface area contributed by atoms with Crippen molar-refractivity contribution in [2.75, 3.05) is 19.0 Å². The molecule has 0 aromatic heterocycles. The number of ether oxygens (including phenoxy) is 2. The van der Waals surface area contributed by atoms with E-state index in [1.807, 2.05) is 0 Å². The van der Waals surface area contributed by atoms with Crippen LogP contribution in [0.1, 0.15) is 10.4 Å². The molecule has 0 spiro atoms. The summed E-state index contributed by atoms with van der Waals surface area (Å²) in [6.07, 6.45) is 0.634. The summed E-state index contributed by atoms with van der Waals surface area (Å²) in [4.78, 5) is 22.9. The van der Waals surface area contributed by atoms with Gasteiger partial charge in [-0.05, 0) is 36.4 Å². The lowest BCUT2D eigenvalue weighted by molar-refractivity contribution is -0.118. The van der Waals surface area contributed by atoms with Crippen molar-refractivity contribution in [3.05, 3.63) is 52.0 Å². The molecule has 0 aliphatic rings. The van der Waals surface area contributed by atoms with Gasteiger partial charge < -0.3 is 14.8 Å². The number of hydrogen-bond donors (Lipinski definition) is 1. The van der Waals surface area contributed by atoms with Crippen molar-refractivity contribution in [3.63, 3.8) is 0 Å². The van der Waals surface area contributed by atoms with Gasteiger partial charge in [0.05, 0.1) is 22.7 Å². The van der Waals surface area contributed by atoms with Gasteiger partial charge in [-0.2, -0.15) is 0 Å². The largest absolute Gasteiger partial charge is 0.497 e. The van der Waals surface area contributed by atoms with Gasteiger partial charge in [-0.25, -0.2) is 0 Å². The molecule has 1 N–H and O–H groups in total. The van der Waals surface area contributed by atoms with Gasteiger partial charge in [0, 0.05) is 5.69 Å². The number of amides is 1. The Bertz CT molecular complexity index is 734. The second-order valence-corrected chi connectivity index (χ2v) is 5.30. The van der Waals surface area contributed by atoms with E-state index in [4.69, 9.17) is 32.7 Å². The molecule has 23 heavy (non-hydrogen) atoms. The summed E-state index contributed by atoms with van der Waals surface area (Å²) in [6.45, 7) is -0.257. The zero-order valence-corrected chi connectivity index (χ0v) is 13.6. The van der Waals surface area contributed by atoms with Crippen LogP contribution in [0.15, 0.2) is 36.4 Å². The molecule has 0 saturated carbocycles. The summed E-state index contributed by atoms with van der Waals surface area (Å²) in [5.74, 6) is 0.431. The second kappa shape index (κ2) is 7.85. The topological polar surface area (TPSA) is 64.6 Å². The van der Waals surface area contributed by atoms with Crippen molar-refractivity contribution in [1.82, 2.24) is 0 Å². The van der Waals surface area contributed by atoms with E-state index in [0.29, 0.717) is 39.1 Å². The quantitative estimate of drug-likeness (QED) is 0.801. The molecule has 0 fully saturated rings. The van der Waals surface area contributed by atoms with E-state index in [1.165, 1.54) is 19.2 Å². The van der Waals surface area contributed by atoms with Crippen molar-refractivity contribution in [2.45, 2.75) is 0 Å². The number of anilines is 1. The van der Waals surface area contributed by atoms with Crippen LogP contribution in [0.25, 0.3) is 0 Å². The summed E-state index contributed by atoms with van der Waals surface area (Å²) in [5, 5.41) is 3.35. The summed E-state index contributed by atoms with van der Waals surface area (Å²) >= 11 is 11.7. The SMILES string of the molecule is COc1ccc(OCC(=O)Nc2ccc(Cl)c(Cl)c2)c(C=O)c1. The Hall–Kier alpha value is -2.24. The number of hydrogen-bond acceptors (Lipinski definition) is 4. The predicted molar refractivity (Wildman–Crippen MR) is 89.0 cm³/mol. The number of halogens is 2. The minimum absolute atomic E-state index is 0.257. The van der Waals surface area contributed by atoms with Crippen molar-refractivity contribution in [2.24, 2.45) is 0 Å². The van der Waals surface area contributed by atoms with E-state index in [-0.39, 0.29) is 6.61 Å². The van der Waals surface area contributed by atoms with E-state index in [2.05, 4.69) is 5.32 Å². The molecule has 0 aliphatic heterocycles. The highest BCUT2D eigenvalue weighted by Gasteiger charge is 2.09. The maximum Gasteiger partial charge on any atom is 0.262 e. The second-order valence-electron chi connectivity index (χ2n) is 4.49. The first-order chi connectivity index (χ1) is 11.0.